The molecular weight excluding hydrogens is 406 g/mol. The summed E-state index contributed by atoms with van der Waals surface area (Å²) in [7, 11) is 1.65. The van der Waals surface area contributed by atoms with Gasteiger partial charge in [-0.15, -0.1) is 11.3 Å². The summed E-state index contributed by atoms with van der Waals surface area (Å²) in [5.74, 6) is 0.874. The molecule has 3 heterocycles. The quantitative estimate of drug-likeness (QED) is 0.582. The third kappa shape index (κ3) is 3.28. The lowest BCUT2D eigenvalue weighted by Gasteiger charge is -2.40. The highest BCUT2D eigenvalue weighted by Gasteiger charge is 2.53. The molecule has 31 heavy (non-hydrogen) atoms. The molecule has 2 bridgehead atoms. The topological polar surface area (TPSA) is 68.5 Å². The Morgan fingerprint density at radius 1 is 1.19 bits per heavy atom. The normalized spacial score (nSPS) is 24.5. The third-order valence-electron chi connectivity index (χ3n) is 7.24. The first-order valence-corrected chi connectivity index (χ1v) is 11.7. The summed E-state index contributed by atoms with van der Waals surface area (Å²) in [6, 6.07) is 12.0. The molecule has 0 radical (unpaired) electrons. The van der Waals surface area contributed by atoms with E-state index in [0.29, 0.717) is 16.0 Å². The number of rotatable bonds is 3. The van der Waals surface area contributed by atoms with E-state index in [1.165, 1.54) is 17.8 Å². The number of hydrogen-bond acceptors (Lipinski definition) is 5. The van der Waals surface area contributed by atoms with Crippen LogP contribution in [0.2, 0.25) is 0 Å². The van der Waals surface area contributed by atoms with Gasteiger partial charge in [-0.2, -0.15) is 0 Å². The summed E-state index contributed by atoms with van der Waals surface area (Å²) in [5, 5.41) is 0.859. The Morgan fingerprint density at radius 3 is 2.65 bits per heavy atom. The summed E-state index contributed by atoms with van der Waals surface area (Å²) < 4.78 is 5.24. The molecule has 162 valence electrons. The summed E-state index contributed by atoms with van der Waals surface area (Å²) in [6.45, 7) is 7.77. The maximum Gasteiger partial charge on any atom is 0.266 e. The van der Waals surface area contributed by atoms with Crippen molar-refractivity contribution in [3.63, 3.8) is 0 Å². The summed E-state index contributed by atoms with van der Waals surface area (Å²) in [5.41, 5.74) is 9.38. The maximum absolute atomic E-state index is 13.6. The minimum atomic E-state index is 0.0634. The first kappa shape index (κ1) is 20.3. The zero-order chi connectivity index (χ0) is 22.0. The number of nitrogens with zero attached hydrogens (tertiary/aromatic N) is 2. The van der Waals surface area contributed by atoms with E-state index in [2.05, 4.69) is 25.7 Å². The SMILES string of the molecule is COc1ccc(-c2ccc3c(N)c(C(=O)N4CCC5(C)CC4C(C)(C)C5)sc3n2)cc1. The molecule has 2 unspecified atom stereocenters. The largest absolute Gasteiger partial charge is 0.497 e. The van der Waals surface area contributed by atoms with Crippen LogP contribution in [0, 0.1) is 10.8 Å². The molecule has 1 aliphatic heterocycles. The molecule has 5 rings (SSSR count). The third-order valence-corrected chi connectivity index (χ3v) is 8.34. The summed E-state index contributed by atoms with van der Waals surface area (Å²) in [4.78, 5) is 22.0. The van der Waals surface area contributed by atoms with Gasteiger partial charge in [0.05, 0.1) is 18.5 Å². The van der Waals surface area contributed by atoms with Crippen molar-refractivity contribution in [1.29, 1.82) is 0 Å². The zero-order valence-electron chi connectivity index (χ0n) is 18.6. The lowest BCUT2D eigenvalue weighted by Crippen LogP contribution is -2.48. The van der Waals surface area contributed by atoms with Gasteiger partial charge in [0.2, 0.25) is 0 Å². The van der Waals surface area contributed by atoms with Crippen LogP contribution >= 0.6 is 11.3 Å². The molecule has 3 aromatic rings. The number of likely N-dealkylation sites (tertiary alicyclic amines) is 1. The Labute approximate surface area is 187 Å². The van der Waals surface area contributed by atoms with Crippen molar-refractivity contribution in [2.24, 2.45) is 10.8 Å². The van der Waals surface area contributed by atoms with Crippen molar-refractivity contribution in [3.05, 3.63) is 41.3 Å². The predicted octanol–water partition coefficient (Wildman–Crippen LogP) is 5.59. The van der Waals surface area contributed by atoms with E-state index >= 15 is 0 Å². The van der Waals surface area contributed by atoms with Crippen molar-refractivity contribution < 1.29 is 9.53 Å². The number of hydrogen-bond donors (Lipinski definition) is 1. The monoisotopic (exact) mass is 435 g/mol. The van der Waals surface area contributed by atoms with Gasteiger partial charge in [0.15, 0.2) is 0 Å². The molecular formula is C25H29N3O2S. The van der Waals surface area contributed by atoms with Crippen molar-refractivity contribution in [2.45, 2.75) is 46.1 Å². The molecule has 6 heteroatoms. The molecule has 2 atom stereocenters. The molecule has 1 saturated carbocycles. The number of thiophene rings is 1. The number of carbonyl (C=O) groups excluding carboxylic acids is 1. The molecule has 1 amide bonds. The van der Waals surface area contributed by atoms with Crippen molar-refractivity contribution >= 4 is 33.1 Å². The maximum atomic E-state index is 13.6. The van der Waals surface area contributed by atoms with Crippen LogP contribution < -0.4 is 10.5 Å². The highest BCUT2D eigenvalue weighted by Crippen LogP contribution is 2.56. The molecule has 2 aromatic heterocycles. The summed E-state index contributed by atoms with van der Waals surface area (Å²) >= 11 is 1.42. The molecule has 2 fully saturated rings. The minimum absolute atomic E-state index is 0.0634. The van der Waals surface area contributed by atoms with Gasteiger partial charge in [0, 0.05) is 23.5 Å². The number of carbonyl (C=O) groups is 1. The predicted molar refractivity (Wildman–Crippen MR) is 127 cm³/mol. The van der Waals surface area contributed by atoms with Gasteiger partial charge < -0.3 is 15.4 Å². The van der Waals surface area contributed by atoms with E-state index in [0.717, 1.165) is 46.6 Å². The smallest absolute Gasteiger partial charge is 0.266 e. The van der Waals surface area contributed by atoms with Crippen LogP contribution in [-0.2, 0) is 0 Å². The van der Waals surface area contributed by atoms with Gasteiger partial charge in [0.1, 0.15) is 15.5 Å². The number of nitrogen functional groups attached to an aromatic ring is 1. The van der Waals surface area contributed by atoms with E-state index in [-0.39, 0.29) is 17.4 Å². The Hall–Kier alpha value is -2.60. The van der Waals surface area contributed by atoms with Gasteiger partial charge in [-0.05, 0) is 66.5 Å². The fourth-order valence-electron chi connectivity index (χ4n) is 5.75. The Morgan fingerprint density at radius 2 is 1.94 bits per heavy atom. The van der Waals surface area contributed by atoms with Crippen molar-refractivity contribution in [2.75, 3.05) is 19.4 Å². The number of anilines is 1. The Balaban J connectivity index is 1.49. The van der Waals surface area contributed by atoms with Gasteiger partial charge in [-0.3, -0.25) is 4.79 Å². The van der Waals surface area contributed by atoms with Crippen LogP contribution in [0.25, 0.3) is 21.5 Å². The number of benzene rings is 1. The standard InChI is InChI=1S/C25H29N3O2S/c1-24(2)14-25(3)11-12-28(19(24)13-25)23(29)21-20(26)17-9-10-18(27-22(17)31-21)15-5-7-16(30-4)8-6-15/h5-10,19H,11-14,26H2,1-4H3. The highest BCUT2D eigenvalue weighted by molar-refractivity contribution is 7.21. The first-order valence-electron chi connectivity index (χ1n) is 10.9. The number of ether oxygens (including phenoxy) is 1. The minimum Gasteiger partial charge on any atom is -0.497 e. The molecule has 5 nitrogen and oxygen atoms in total. The summed E-state index contributed by atoms with van der Waals surface area (Å²) in [6.07, 6.45) is 3.31. The number of pyridine rings is 1. The lowest BCUT2D eigenvalue weighted by molar-refractivity contribution is 0.0480. The fraction of sp³-hybridized carbons (Fsp3) is 0.440. The second-order valence-electron chi connectivity index (χ2n) is 10.1. The molecule has 1 saturated heterocycles. The van der Waals surface area contributed by atoms with E-state index in [9.17, 15) is 4.79 Å². The van der Waals surface area contributed by atoms with E-state index < -0.39 is 0 Å². The van der Waals surface area contributed by atoms with Gasteiger partial charge >= 0.3 is 0 Å². The number of methoxy groups -OCH3 is 1. The first-order chi connectivity index (χ1) is 14.7. The van der Waals surface area contributed by atoms with Crippen molar-refractivity contribution in [1.82, 2.24) is 9.88 Å². The molecule has 1 aliphatic carbocycles. The Kier molecular flexibility index (Phi) is 4.56. The van der Waals surface area contributed by atoms with Crippen molar-refractivity contribution in [3.8, 4) is 17.0 Å². The van der Waals surface area contributed by atoms with Gasteiger partial charge in [-0.25, -0.2) is 4.98 Å². The number of fused-ring (bicyclic) bond motifs is 3. The number of piperidine rings is 1. The molecule has 2 aliphatic rings. The average Bonchev–Trinajstić information content (AvgIpc) is 3.17. The van der Waals surface area contributed by atoms with Crippen LogP contribution in [-0.4, -0.2) is 35.5 Å². The van der Waals surface area contributed by atoms with Crippen LogP contribution in [0.1, 0.15) is 49.7 Å². The van der Waals surface area contributed by atoms with E-state index in [1.54, 1.807) is 7.11 Å². The molecule has 2 N–H and O–H groups in total. The van der Waals surface area contributed by atoms with Crippen LogP contribution in [0.5, 0.6) is 5.75 Å². The molecule has 0 spiro atoms. The van der Waals surface area contributed by atoms with Crippen LogP contribution in [0.3, 0.4) is 0 Å². The zero-order valence-corrected chi connectivity index (χ0v) is 19.4. The Bertz CT molecular complexity index is 1170. The second kappa shape index (κ2) is 6.95. The average molecular weight is 436 g/mol. The number of aromatic nitrogens is 1. The number of amides is 1. The van der Waals surface area contributed by atoms with Crippen LogP contribution in [0.4, 0.5) is 5.69 Å². The van der Waals surface area contributed by atoms with Gasteiger partial charge in [-0.1, -0.05) is 20.8 Å². The van der Waals surface area contributed by atoms with E-state index in [1.807, 2.05) is 36.4 Å². The van der Waals surface area contributed by atoms with E-state index in [4.69, 9.17) is 15.5 Å². The van der Waals surface area contributed by atoms with Crippen LogP contribution in [0.15, 0.2) is 36.4 Å². The lowest BCUT2D eigenvalue weighted by atomic mass is 9.81. The number of nitrogens with two attached hydrogens (primary N) is 1. The van der Waals surface area contributed by atoms with Gasteiger partial charge in [0.25, 0.3) is 5.91 Å². The highest BCUT2D eigenvalue weighted by atomic mass is 32.1. The second-order valence-corrected chi connectivity index (χ2v) is 11.1. The fourth-order valence-corrected chi connectivity index (χ4v) is 6.80. The molecule has 1 aromatic carbocycles.